The third-order valence-corrected chi connectivity index (χ3v) is 3.12. The summed E-state index contributed by atoms with van der Waals surface area (Å²) < 4.78 is 13.8. The summed E-state index contributed by atoms with van der Waals surface area (Å²) in [5, 5.41) is 9.03. The van der Waals surface area contributed by atoms with Crippen molar-refractivity contribution in [2.45, 2.75) is 18.9 Å². The van der Waals surface area contributed by atoms with Gasteiger partial charge in [0.05, 0.1) is 18.7 Å². The van der Waals surface area contributed by atoms with Crippen LogP contribution < -0.4 is 5.73 Å². The Bertz CT molecular complexity index is 559. The molecule has 106 valence electrons. The van der Waals surface area contributed by atoms with Gasteiger partial charge in [0, 0.05) is 18.2 Å². The first-order valence-corrected chi connectivity index (χ1v) is 6.57. The summed E-state index contributed by atoms with van der Waals surface area (Å²) in [5.41, 5.74) is 5.84. The van der Waals surface area contributed by atoms with Gasteiger partial charge in [-0.3, -0.25) is 4.79 Å². The summed E-state index contributed by atoms with van der Waals surface area (Å²) in [4.78, 5) is 13.9. The quantitative estimate of drug-likeness (QED) is 0.797. The van der Waals surface area contributed by atoms with Gasteiger partial charge in [-0.15, -0.1) is 0 Å². The van der Waals surface area contributed by atoms with Crippen LogP contribution in [-0.4, -0.2) is 41.7 Å². The number of hydrogen-bond donors (Lipinski definition) is 2. The number of nitrogens with two attached hydrogens (primary N) is 1. The van der Waals surface area contributed by atoms with Crippen molar-refractivity contribution in [2.75, 3.05) is 19.7 Å². The highest BCUT2D eigenvalue weighted by molar-refractivity contribution is 5.95. The smallest absolute Gasteiger partial charge is 0.257 e. The molecular formula is C15H17FN2O2. The molecule has 1 amide bonds. The van der Waals surface area contributed by atoms with Gasteiger partial charge in [-0.1, -0.05) is 11.8 Å². The van der Waals surface area contributed by atoms with Crippen LogP contribution in [-0.2, 0) is 0 Å². The maximum Gasteiger partial charge on any atom is 0.257 e. The van der Waals surface area contributed by atoms with Crippen molar-refractivity contribution < 1.29 is 14.3 Å². The summed E-state index contributed by atoms with van der Waals surface area (Å²) in [7, 11) is 0. The summed E-state index contributed by atoms with van der Waals surface area (Å²) in [6.07, 6.45) is 1.81. The predicted molar refractivity (Wildman–Crippen MR) is 73.5 cm³/mol. The number of rotatable bonds is 4. The standard InChI is InChI=1S/C15H17FN2O2/c16-14-6-3-11(2-1-7-17)10-13(14)15(20)18(8-9-19)12-4-5-12/h3,6,10,12,19H,4-5,7-9,17H2. The Labute approximate surface area is 117 Å². The molecule has 2 rings (SSSR count). The van der Waals surface area contributed by atoms with Crippen LogP contribution in [0.5, 0.6) is 0 Å². The predicted octanol–water partition coefficient (Wildman–Crippen LogP) is 0.733. The lowest BCUT2D eigenvalue weighted by molar-refractivity contribution is 0.0703. The van der Waals surface area contributed by atoms with Crippen LogP contribution in [0.2, 0.25) is 0 Å². The minimum atomic E-state index is -0.572. The van der Waals surface area contributed by atoms with Gasteiger partial charge >= 0.3 is 0 Å². The molecule has 1 aromatic carbocycles. The normalized spacial score (nSPS) is 13.6. The van der Waals surface area contributed by atoms with Crippen molar-refractivity contribution in [1.29, 1.82) is 0 Å². The molecule has 20 heavy (non-hydrogen) atoms. The van der Waals surface area contributed by atoms with Crippen LogP contribution >= 0.6 is 0 Å². The SMILES string of the molecule is NCC#Cc1ccc(F)c(C(=O)N(CCO)C2CC2)c1. The minimum absolute atomic E-state index is 0.00540. The topological polar surface area (TPSA) is 66.6 Å². The molecule has 0 bridgehead atoms. The fourth-order valence-electron chi connectivity index (χ4n) is 2.02. The lowest BCUT2D eigenvalue weighted by Crippen LogP contribution is -2.36. The zero-order valence-corrected chi connectivity index (χ0v) is 11.1. The first kappa shape index (κ1) is 14.5. The van der Waals surface area contributed by atoms with Gasteiger partial charge in [-0.05, 0) is 31.0 Å². The second-order valence-corrected chi connectivity index (χ2v) is 4.65. The van der Waals surface area contributed by atoms with Crippen LogP contribution in [0.15, 0.2) is 18.2 Å². The maximum atomic E-state index is 13.8. The highest BCUT2D eigenvalue weighted by atomic mass is 19.1. The van der Waals surface area contributed by atoms with Crippen molar-refractivity contribution >= 4 is 5.91 Å². The number of nitrogens with zero attached hydrogens (tertiary/aromatic N) is 1. The highest BCUT2D eigenvalue weighted by Crippen LogP contribution is 2.28. The molecular weight excluding hydrogens is 259 g/mol. The molecule has 0 radical (unpaired) electrons. The Kier molecular flexibility index (Phi) is 4.72. The van der Waals surface area contributed by atoms with Gasteiger partial charge < -0.3 is 15.7 Å². The van der Waals surface area contributed by atoms with Crippen LogP contribution in [0.25, 0.3) is 0 Å². The van der Waals surface area contributed by atoms with Crippen molar-refractivity contribution in [3.8, 4) is 11.8 Å². The van der Waals surface area contributed by atoms with E-state index in [0.717, 1.165) is 12.8 Å². The van der Waals surface area contributed by atoms with E-state index in [-0.39, 0.29) is 31.3 Å². The molecule has 0 unspecified atom stereocenters. The third kappa shape index (κ3) is 3.35. The number of aliphatic hydroxyl groups is 1. The second-order valence-electron chi connectivity index (χ2n) is 4.65. The molecule has 1 aliphatic rings. The van der Waals surface area contributed by atoms with Crippen LogP contribution in [0.4, 0.5) is 4.39 Å². The molecule has 1 aromatic rings. The third-order valence-electron chi connectivity index (χ3n) is 3.12. The van der Waals surface area contributed by atoms with E-state index in [1.807, 2.05) is 0 Å². The van der Waals surface area contributed by atoms with E-state index in [1.54, 1.807) is 0 Å². The highest BCUT2D eigenvalue weighted by Gasteiger charge is 2.33. The fourth-order valence-corrected chi connectivity index (χ4v) is 2.02. The molecule has 1 saturated carbocycles. The Morgan fingerprint density at radius 1 is 1.50 bits per heavy atom. The summed E-state index contributed by atoms with van der Waals surface area (Å²) in [5.74, 6) is 4.49. The van der Waals surface area contributed by atoms with Gasteiger partial charge in [-0.25, -0.2) is 4.39 Å². The molecule has 0 aliphatic heterocycles. The summed E-state index contributed by atoms with van der Waals surface area (Å²) >= 11 is 0. The van der Waals surface area contributed by atoms with E-state index >= 15 is 0 Å². The molecule has 1 fully saturated rings. The van der Waals surface area contributed by atoms with E-state index in [9.17, 15) is 9.18 Å². The van der Waals surface area contributed by atoms with Crippen molar-refractivity contribution in [2.24, 2.45) is 5.73 Å². The second kappa shape index (κ2) is 6.51. The number of aliphatic hydroxyl groups excluding tert-OH is 1. The molecule has 1 aliphatic carbocycles. The molecule has 5 heteroatoms. The number of amides is 1. The number of carbonyl (C=O) groups is 1. The Hall–Kier alpha value is -1.90. The zero-order valence-electron chi connectivity index (χ0n) is 11.1. The van der Waals surface area contributed by atoms with Crippen molar-refractivity contribution in [3.63, 3.8) is 0 Å². The Morgan fingerprint density at radius 3 is 2.85 bits per heavy atom. The van der Waals surface area contributed by atoms with Gasteiger partial charge in [0.1, 0.15) is 5.82 Å². The van der Waals surface area contributed by atoms with Crippen LogP contribution in [0.1, 0.15) is 28.8 Å². The average Bonchev–Trinajstić information content (AvgIpc) is 3.27. The maximum absolute atomic E-state index is 13.8. The van der Waals surface area contributed by atoms with Crippen LogP contribution in [0, 0.1) is 17.7 Å². The van der Waals surface area contributed by atoms with Gasteiger partial charge in [0.15, 0.2) is 0 Å². The average molecular weight is 276 g/mol. The van der Waals surface area contributed by atoms with E-state index in [4.69, 9.17) is 10.8 Å². The van der Waals surface area contributed by atoms with E-state index in [0.29, 0.717) is 5.56 Å². The van der Waals surface area contributed by atoms with E-state index < -0.39 is 11.7 Å². The zero-order chi connectivity index (χ0) is 14.5. The summed E-state index contributed by atoms with van der Waals surface area (Å²) in [6.45, 7) is 0.303. The number of halogens is 1. The van der Waals surface area contributed by atoms with Crippen molar-refractivity contribution in [1.82, 2.24) is 4.90 Å². The lowest BCUT2D eigenvalue weighted by atomic mass is 10.1. The largest absolute Gasteiger partial charge is 0.395 e. The van der Waals surface area contributed by atoms with Gasteiger partial charge in [0.2, 0.25) is 0 Å². The van der Waals surface area contributed by atoms with E-state index in [1.165, 1.54) is 23.1 Å². The molecule has 0 saturated heterocycles. The van der Waals surface area contributed by atoms with Crippen molar-refractivity contribution in [3.05, 3.63) is 35.1 Å². The van der Waals surface area contributed by atoms with Crippen LogP contribution in [0.3, 0.4) is 0 Å². The fraction of sp³-hybridized carbons (Fsp3) is 0.400. The minimum Gasteiger partial charge on any atom is -0.395 e. The number of hydrogen-bond acceptors (Lipinski definition) is 3. The molecule has 3 N–H and O–H groups in total. The first-order valence-electron chi connectivity index (χ1n) is 6.57. The number of carbonyl (C=O) groups excluding carboxylic acids is 1. The molecule has 4 nitrogen and oxygen atoms in total. The van der Waals surface area contributed by atoms with Gasteiger partial charge in [0.25, 0.3) is 5.91 Å². The molecule has 0 atom stereocenters. The lowest BCUT2D eigenvalue weighted by Gasteiger charge is -2.21. The molecule has 0 heterocycles. The Morgan fingerprint density at radius 2 is 2.25 bits per heavy atom. The molecule has 0 spiro atoms. The molecule has 0 aromatic heterocycles. The number of benzene rings is 1. The summed E-state index contributed by atoms with van der Waals surface area (Å²) in [6, 6.07) is 4.31. The first-order chi connectivity index (χ1) is 9.67. The van der Waals surface area contributed by atoms with E-state index in [2.05, 4.69) is 11.8 Å². The monoisotopic (exact) mass is 276 g/mol. The Balaban J connectivity index is 2.27. The van der Waals surface area contributed by atoms with Gasteiger partial charge in [-0.2, -0.15) is 0 Å².